The first-order chi connectivity index (χ1) is 2.93. The van der Waals surface area contributed by atoms with Crippen LogP contribution in [0.15, 0.2) is 0 Å². The van der Waals surface area contributed by atoms with Crippen molar-refractivity contribution in [2.75, 3.05) is 6.54 Å². The molecule has 0 N–H and O–H groups in total. The second-order valence-electron chi connectivity index (χ2n) is 1.76. The van der Waals surface area contributed by atoms with Crippen LogP contribution < -0.4 is 0 Å². The minimum Gasteiger partial charge on any atom is -0.660 e. The third-order valence-corrected chi connectivity index (χ3v) is 1.32. The molecule has 1 fully saturated rings. The molecule has 1 atom stereocenters. The molecule has 7 heavy (non-hydrogen) atoms. The van der Waals surface area contributed by atoms with Gasteiger partial charge in [0, 0.05) is 32.7 Å². The molecule has 1 saturated heterocycles. The average molecular weight is 173 g/mol. The predicted octanol–water partition coefficient (Wildman–Crippen LogP) is 1.54. The number of hydrogen-bond donors (Lipinski definition) is 0. The van der Waals surface area contributed by atoms with Crippen LogP contribution in [0.1, 0.15) is 19.8 Å². The zero-order valence-electron chi connectivity index (χ0n) is 4.72. The number of nitrogens with zero attached hydrogens (tertiary/aromatic N) is 1. The molecular formula is C5H10NY-. The summed E-state index contributed by atoms with van der Waals surface area (Å²) in [5.74, 6) is 0. The van der Waals surface area contributed by atoms with Crippen molar-refractivity contribution in [3.05, 3.63) is 5.32 Å². The van der Waals surface area contributed by atoms with Gasteiger partial charge in [0.15, 0.2) is 0 Å². The van der Waals surface area contributed by atoms with Crippen LogP contribution in [-0.2, 0) is 32.7 Å². The normalized spacial score (nSPS) is 27.9. The largest absolute Gasteiger partial charge is 0.660 e. The van der Waals surface area contributed by atoms with Crippen molar-refractivity contribution in [2.45, 2.75) is 25.8 Å². The molecule has 1 heterocycles. The Kier molecular flexibility index (Phi) is 4.60. The van der Waals surface area contributed by atoms with Gasteiger partial charge < -0.3 is 5.32 Å². The predicted molar refractivity (Wildman–Crippen MR) is 26.9 cm³/mol. The maximum absolute atomic E-state index is 4.19. The fourth-order valence-corrected chi connectivity index (χ4v) is 0.645. The van der Waals surface area contributed by atoms with Gasteiger partial charge in [-0.2, -0.15) is 6.54 Å². The van der Waals surface area contributed by atoms with Crippen LogP contribution in [0.4, 0.5) is 0 Å². The summed E-state index contributed by atoms with van der Waals surface area (Å²) in [6, 6.07) is 0.741. The molecule has 0 amide bonds. The molecule has 1 aliphatic heterocycles. The van der Waals surface area contributed by atoms with E-state index < -0.39 is 0 Å². The Morgan fingerprint density at radius 2 is 2.29 bits per heavy atom. The maximum Gasteiger partial charge on any atom is 0 e. The molecule has 0 spiro atoms. The van der Waals surface area contributed by atoms with Gasteiger partial charge in [-0.15, -0.1) is 6.04 Å². The molecule has 39 valence electrons. The van der Waals surface area contributed by atoms with E-state index in [-0.39, 0.29) is 32.7 Å². The summed E-state index contributed by atoms with van der Waals surface area (Å²) in [5.41, 5.74) is 0. The molecule has 0 aliphatic carbocycles. The summed E-state index contributed by atoms with van der Waals surface area (Å²) in [6.45, 7) is 3.31. The first kappa shape index (κ1) is 8.06. The van der Waals surface area contributed by atoms with E-state index in [0.717, 1.165) is 12.6 Å². The Bertz CT molecular complexity index is 40.6. The summed E-state index contributed by atoms with van der Waals surface area (Å²) >= 11 is 0. The quantitative estimate of drug-likeness (QED) is 0.571. The topological polar surface area (TPSA) is 14.1 Å². The zero-order valence-corrected chi connectivity index (χ0v) is 7.56. The summed E-state index contributed by atoms with van der Waals surface area (Å²) < 4.78 is 0. The first-order valence-electron chi connectivity index (χ1n) is 2.60. The third kappa shape index (κ3) is 2.20. The Hall–Kier alpha value is 1.06. The van der Waals surface area contributed by atoms with Gasteiger partial charge in [-0.3, -0.25) is 0 Å². The van der Waals surface area contributed by atoms with Crippen molar-refractivity contribution < 1.29 is 32.7 Å². The van der Waals surface area contributed by atoms with E-state index in [2.05, 4.69) is 12.2 Å². The van der Waals surface area contributed by atoms with E-state index >= 15 is 0 Å². The number of rotatable bonds is 1. The van der Waals surface area contributed by atoms with Crippen molar-refractivity contribution in [2.24, 2.45) is 0 Å². The van der Waals surface area contributed by atoms with Gasteiger partial charge >= 0.3 is 0 Å². The molecule has 0 saturated carbocycles. The standard InChI is InChI=1S/C5H10N.Y/c1-2-5-3-4-6-5;/h5H,2-4H2,1H3;/q-1;. The molecule has 1 unspecified atom stereocenters. The van der Waals surface area contributed by atoms with Crippen LogP contribution in [0.5, 0.6) is 0 Å². The van der Waals surface area contributed by atoms with Crippen molar-refractivity contribution in [3.8, 4) is 0 Å². The number of hydrogen-bond acceptors (Lipinski definition) is 0. The third-order valence-electron chi connectivity index (χ3n) is 1.32. The van der Waals surface area contributed by atoms with Gasteiger partial charge in [-0.25, -0.2) is 0 Å². The minimum absolute atomic E-state index is 0. The monoisotopic (exact) mass is 173 g/mol. The van der Waals surface area contributed by atoms with Crippen LogP contribution >= 0.6 is 0 Å². The zero-order chi connectivity index (χ0) is 4.41. The molecule has 0 bridgehead atoms. The molecule has 1 nitrogen and oxygen atoms in total. The van der Waals surface area contributed by atoms with E-state index in [1.165, 1.54) is 12.8 Å². The fourth-order valence-electron chi connectivity index (χ4n) is 0.645. The molecule has 1 rings (SSSR count). The van der Waals surface area contributed by atoms with Crippen LogP contribution in [-0.4, -0.2) is 12.6 Å². The minimum atomic E-state index is 0. The molecule has 1 radical (unpaired) electrons. The van der Waals surface area contributed by atoms with Crippen molar-refractivity contribution in [1.82, 2.24) is 0 Å². The Labute approximate surface area is 70.1 Å². The molecule has 0 aromatic heterocycles. The van der Waals surface area contributed by atoms with Gasteiger partial charge in [-0.1, -0.05) is 19.8 Å². The van der Waals surface area contributed by atoms with E-state index in [1.807, 2.05) is 0 Å². The maximum atomic E-state index is 4.19. The van der Waals surface area contributed by atoms with Crippen LogP contribution in [0.2, 0.25) is 0 Å². The average Bonchev–Trinajstić information content (AvgIpc) is 1.31. The molecule has 0 aromatic carbocycles. The van der Waals surface area contributed by atoms with Crippen LogP contribution in [0.3, 0.4) is 0 Å². The van der Waals surface area contributed by atoms with Gasteiger partial charge in [0.25, 0.3) is 0 Å². The molecule has 2 heteroatoms. The smallest absolute Gasteiger partial charge is 0 e. The Balaban J connectivity index is 0.000000360. The van der Waals surface area contributed by atoms with Crippen molar-refractivity contribution in [1.29, 1.82) is 0 Å². The van der Waals surface area contributed by atoms with Crippen molar-refractivity contribution >= 4 is 0 Å². The Morgan fingerprint density at radius 3 is 2.29 bits per heavy atom. The van der Waals surface area contributed by atoms with Gasteiger partial charge in [0.05, 0.1) is 0 Å². The van der Waals surface area contributed by atoms with E-state index in [1.54, 1.807) is 0 Å². The van der Waals surface area contributed by atoms with Crippen LogP contribution in [0.25, 0.3) is 5.32 Å². The van der Waals surface area contributed by atoms with Gasteiger partial charge in [0.1, 0.15) is 0 Å². The van der Waals surface area contributed by atoms with Gasteiger partial charge in [0.2, 0.25) is 0 Å². The molecule has 1 aliphatic rings. The van der Waals surface area contributed by atoms with Gasteiger partial charge in [-0.05, 0) is 0 Å². The van der Waals surface area contributed by atoms with E-state index in [4.69, 9.17) is 0 Å². The van der Waals surface area contributed by atoms with Crippen LogP contribution in [0, 0.1) is 0 Å². The molecular weight excluding hydrogens is 163 g/mol. The SMILES string of the molecule is CCC1CC[N-]1.[Y]. The summed E-state index contributed by atoms with van der Waals surface area (Å²) in [5, 5.41) is 4.19. The van der Waals surface area contributed by atoms with E-state index in [0.29, 0.717) is 0 Å². The second kappa shape index (κ2) is 3.99. The Morgan fingerprint density at radius 1 is 1.71 bits per heavy atom. The molecule has 0 aromatic rings. The summed E-state index contributed by atoms with van der Waals surface area (Å²) in [6.07, 6.45) is 2.59. The van der Waals surface area contributed by atoms with Crippen molar-refractivity contribution in [3.63, 3.8) is 0 Å². The fraction of sp³-hybridized carbons (Fsp3) is 1.00. The first-order valence-corrected chi connectivity index (χ1v) is 2.60. The second-order valence-corrected chi connectivity index (χ2v) is 1.76. The summed E-state index contributed by atoms with van der Waals surface area (Å²) in [7, 11) is 0. The van der Waals surface area contributed by atoms with E-state index in [9.17, 15) is 0 Å². The summed E-state index contributed by atoms with van der Waals surface area (Å²) in [4.78, 5) is 0.